The Bertz CT molecular complexity index is 789. The molecular formula is C15H12N2O6. The highest BCUT2D eigenvalue weighted by molar-refractivity contribution is 5.96. The van der Waals surface area contributed by atoms with Gasteiger partial charge in [-0.05, 0) is 24.3 Å². The molecule has 118 valence electrons. The van der Waals surface area contributed by atoms with Gasteiger partial charge < -0.3 is 14.8 Å². The maximum Gasteiger partial charge on any atom is 0.352 e. The third-order valence-electron chi connectivity index (χ3n) is 2.82. The van der Waals surface area contributed by atoms with E-state index in [-0.39, 0.29) is 17.1 Å². The minimum atomic E-state index is -1.30. The van der Waals surface area contributed by atoms with E-state index >= 15 is 0 Å². The van der Waals surface area contributed by atoms with Gasteiger partial charge in [0.2, 0.25) is 5.91 Å². The van der Waals surface area contributed by atoms with Gasteiger partial charge in [0.05, 0.1) is 4.92 Å². The van der Waals surface area contributed by atoms with Gasteiger partial charge in [0, 0.05) is 30.7 Å². The second kappa shape index (κ2) is 6.56. The lowest BCUT2D eigenvalue weighted by Crippen LogP contribution is -2.24. The van der Waals surface area contributed by atoms with E-state index in [0.29, 0.717) is 11.3 Å². The summed E-state index contributed by atoms with van der Waals surface area (Å²) in [5.74, 6) is -1.17. The van der Waals surface area contributed by atoms with E-state index in [0.717, 1.165) is 0 Å². The third-order valence-corrected chi connectivity index (χ3v) is 2.82. The monoisotopic (exact) mass is 316 g/mol. The van der Waals surface area contributed by atoms with Crippen molar-refractivity contribution in [3.63, 3.8) is 0 Å². The lowest BCUT2D eigenvalue weighted by Gasteiger charge is -2.01. The second-order valence-electron chi connectivity index (χ2n) is 4.55. The first-order chi connectivity index (χ1) is 10.9. The van der Waals surface area contributed by atoms with E-state index in [1.165, 1.54) is 43.3 Å². The molecule has 8 nitrogen and oxygen atoms in total. The molecule has 0 unspecified atom stereocenters. The number of nitrogens with one attached hydrogen (secondary N) is 1. The second-order valence-corrected chi connectivity index (χ2v) is 4.55. The third kappa shape index (κ3) is 4.03. The van der Waals surface area contributed by atoms with E-state index in [1.807, 2.05) is 0 Å². The zero-order valence-corrected chi connectivity index (χ0v) is 12.0. The topological polar surface area (TPSA) is 123 Å². The van der Waals surface area contributed by atoms with Crippen LogP contribution in [0, 0.1) is 10.1 Å². The summed E-state index contributed by atoms with van der Waals surface area (Å²) in [4.78, 5) is 32.1. The highest BCUT2D eigenvalue weighted by Gasteiger charge is 2.12. The number of nitro benzene ring substituents is 1. The molecule has 1 aromatic heterocycles. The molecule has 0 spiro atoms. The van der Waals surface area contributed by atoms with Crippen LogP contribution in [0.5, 0.6) is 0 Å². The Labute approximate surface area is 130 Å². The molecule has 0 fully saturated rings. The van der Waals surface area contributed by atoms with Crippen molar-refractivity contribution < 1.29 is 24.0 Å². The number of non-ortho nitro benzene ring substituents is 1. The number of hydrogen-bond donors (Lipinski definition) is 2. The first-order valence-corrected chi connectivity index (χ1v) is 6.44. The van der Waals surface area contributed by atoms with Crippen molar-refractivity contribution in [2.24, 2.45) is 0 Å². The molecule has 0 saturated heterocycles. The summed E-state index contributed by atoms with van der Waals surface area (Å²) in [7, 11) is 0. The number of carboxylic acid groups (broad SMARTS) is 1. The quantitative estimate of drug-likeness (QED) is 0.496. The van der Waals surface area contributed by atoms with Crippen molar-refractivity contribution in [3.8, 4) is 11.3 Å². The summed E-state index contributed by atoms with van der Waals surface area (Å²) < 4.78 is 5.47. The van der Waals surface area contributed by atoms with Crippen LogP contribution in [0.1, 0.15) is 12.7 Å². The molecule has 0 radical (unpaired) electrons. The molecule has 8 heteroatoms. The highest BCUT2D eigenvalue weighted by Crippen LogP contribution is 2.25. The van der Waals surface area contributed by atoms with E-state index in [4.69, 9.17) is 9.52 Å². The lowest BCUT2D eigenvalue weighted by molar-refractivity contribution is -0.384. The largest absolute Gasteiger partial charge is 0.477 e. The van der Waals surface area contributed by atoms with Crippen LogP contribution in [-0.4, -0.2) is 21.9 Å². The number of benzene rings is 1. The predicted octanol–water partition coefficient (Wildman–Crippen LogP) is 2.42. The Hall–Kier alpha value is -3.42. The first kappa shape index (κ1) is 16.0. The summed E-state index contributed by atoms with van der Waals surface area (Å²) in [6.45, 7) is 1.20. The maximum absolute atomic E-state index is 11.0. The molecule has 0 aliphatic rings. The number of nitrogens with zero attached hydrogens (tertiary/aromatic N) is 1. The minimum absolute atomic E-state index is 0.0424. The van der Waals surface area contributed by atoms with Crippen LogP contribution in [0.3, 0.4) is 0 Å². The van der Waals surface area contributed by atoms with Crippen molar-refractivity contribution in [2.45, 2.75) is 6.92 Å². The average Bonchev–Trinajstić information content (AvgIpc) is 2.94. The van der Waals surface area contributed by atoms with Gasteiger partial charge in [-0.25, -0.2) is 4.79 Å². The normalized spacial score (nSPS) is 11.1. The van der Waals surface area contributed by atoms with E-state index < -0.39 is 16.8 Å². The number of aliphatic carboxylic acids is 1. The number of rotatable bonds is 5. The summed E-state index contributed by atoms with van der Waals surface area (Å²) in [6, 6.07) is 8.86. The number of furan rings is 1. The summed E-state index contributed by atoms with van der Waals surface area (Å²) >= 11 is 0. The van der Waals surface area contributed by atoms with Crippen LogP contribution in [0.2, 0.25) is 0 Å². The summed E-state index contributed by atoms with van der Waals surface area (Å²) in [5.41, 5.74) is 0.244. The number of hydrogen-bond acceptors (Lipinski definition) is 5. The SMILES string of the molecule is CC(=O)N/C(=C/c1ccc(-c2ccc([N+](=O)[O-])cc2)o1)C(=O)O. The molecule has 2 rings (SSSR count). The summed E-state index contributed by atoms with van der Waals surface area (Å²) in [6.07, 6.45) is 1.18. The minimum Gasteiger partial charge on any atom is -0.477 e. The van der Waals surface area contributed by atoms with Crippen LogP contribution < -0.4 is 5.32 Å². The Balaban J connectivity index is 2.27. The number of carboxylic acids is 1. The van der Waals surface area contributed by atoms with Gasteiger partial charge in [0.25, 0.3) is 5.69 Å². The Morgan fingerprint density at radius 3 is 2.39 bits per heavy atom. The fraction of sp³-hybridized carbons (Fsp3) is 0.0667. The van der Waals surface area contributed by atoms with E-state index in [2.05, 4.69) is 5.32 Å². The van der Waals surface area contributed by atoms with E-state index in [1.54, 1.807) is 6.07 Å². The number of carbonyl (C=O) groups excluding carboxylic acids is 1. The predicted molar refractivity (Wildman–Crippen MR) is 80.2 cm³/mol. The molecule has 0 saturated carbocycles. The number of amides is 1. The average molecular weight is 316 g/mol. The standard InChI is InChI=1S/C15H12N2O6/c1-9(18)16-13(15(19)20)8-12-6-7-14(23-12)10-2-4-11(5-3-10)17(21)22/h2-8H,1H3,(H,16,18)(H,19,20)/b13-8+. The van der Waals surface area contributed by atoms with Gasteiger partial charge in [0.1, 0.15) is 17.2 Å². The number of nitro groups is 1. The molecular weight excluding hydrogens is 304 g/mol. The van der Waals surface area contributed by atoms with Gasteiger partial charge in [-0.15, -0.1) is 0 Å². The molecule has 2 N–H and O–H groups in total. The fourth-order valence-corrected chi connectivity index (χ4v) is 1.82. The molecule has 2 aromatic rings. The maximum atomic E-state index is 11.0. The molecule has 0 bridgehead atoms. The van der Waals surface area contributed by atoms with Gasteiger partial charge in [-0.3, -0.25) is 14.9 Å². The molecule has 0 atom stereocenters. The molecule has 23 heavy (non-hydrogen) atoms. The molecule has 1 amide bonds. The van der Waals surface area contributed by atoms with Gasteiger partial charge in [0.15, 0.2) is 0 Å². The van der Waals surface area contributed by atoms with Crippen molar-refractivity contribution in [3.05, 3.63) is 58.0 Å². The molecule has 1 heterocycles. The number of carbonyl (C=O) groups is 2. The van der Waals surface area contributed by atoms with Crippen LogP contribution in [0.25, 0.3) is 17.4 Å². The smallest absolute Gasteiger partial charge is 0.352 e. The van der Waals surface area contributed by atoms with Crippen molar-refractivity contribution in [2.75, 3.05) is 0 Å². The van der Waals surface area contributed by atoms with Crippen molar-refractivity contribution in [1.29, 1.82) is 0 Å². The fourth-order valence-electron chi connectivity index (χ4n) is 1.82. The van der Waals surface area contributed by atoms with Crippen LogP contribution >= 0.6 is 0 Å². The Morgan fingerprint density at radius 1 is 1.22 bits per heavy atom. The zero-order valence-electron chi connectivity index (χ0n) is 12.0. The summed E-state index contributed by atoms with van der Waals surface area (Å²) in [5, 5.41) is 21.8. The van der Waals surface area contributed by atoms with E-state index in [9.17, 15) is 19.7 Å². The van der Waals surface area contributed by atoms with Gasteiger partial charge >= 0.3 is 5.97 Å². The molecule has 0 aliphatic heterocycles. The Kier molecular flexibility index (Phi) is 4.55. The zero-order chi connectivity index (χ0) is 17.0. The molecule has 0 aliphatic carbocycles. The van der Waals surface area contributed by atoms with Gasteiger partial charge in [-0.2, -0.15) is 0 Å². The van der Waals surface area contributed by atoms with Gasteiger partial charge in [-0.1, -0.05) is 0 Å². The van der Waals surface area contributed by atoms with Crippen molar-refractivity contribution >= 4 is 23.6 Å². The Morgan fingerprint density at radius 2 is 1.87 bits per heavy atom. The lowest BCUT2D eigenvalue weighted by atomic mass is 10.1. The highest BCUT2D eigenvalue weighted by atomic mass is 16.6. The van der Waals surface area contributed by atoms with Crippen LogP contribution in [-0.2, 0) is 9.59 Å². The molecule has 1 aromatic carbocycles. The van der Waals surface area contributed by atoms with Crippen LogP contribution in [0.4, 0.5) is 5.69 Å². The van der Waals surface area contributed by atoms with Crippen molar-refractivity contribution in [1.82, 2.24) is 5.32 Å². The first-order valence-electron chi connectivity index (χ1n) is 6.44. The van der Waals surface area contributed by atoms with Crippen LogP contribution in [0.15, 0.2) is 46.5 Å².